The average Bonchev–Trinajstić information content (AvgIpc) is 3.76. The van der Waals surface area contributed by atoms with Gasteiger partial charge in [-0.05, 0) is 74.3 Å². The molecule has 0 bridgehead atoms. The lowest BCUT2D eigenvalue weighted by atomic mass is 9.90. The molecule has 2 aliphatic carbocycles. The summed E-state index contributed by atoms with van der Waals surface area (Å²) in [5.41, 5.74) is 0.418. The van der Waals surface area contributed by atoms with Gasteiger partial charge in [-0.3, -0.25) is 4.79 Å². The molecule has 2 aromatic rings. The van der Waals surface area contributed by atoms with E-state index >= 15 is 0 Å². The van der Waals surface area contributed by atoms with E-state index in [0.717, 1.165) is 62.4 Å². The molecule has 1 aromatic carbocycles. The lowest BCUT2D eigenvalue weighted by molar-refractivity contribution is -0.120. The zero-order valence-corrected chi connectivity index (χ0v) is 20.8. The van der Waals surface area contributed by atoms with Gasteiger partial charge in [0.1, 0.15) is 11.6 Å². The number of ether oxygens (including phenoxy) is 1. The second-order valence-electron chi connectivity index (χ2n) is 10.8. The topological polar surface area (TPSA) is 80.5 Å². The molecule has 3 fully saturated rings. The molecular formula is C27H37FN4O3. The molecule has 1 amide bonds. The van der Waals surface area contributed by atoms with E-state index < -0.39 is 0 Å². The van der Waals surface area contributed by atoms with Crippen molar-refractivity contribution in [3.8, 4) is 5.75 Å². The quantitative estimate of drug-likeness (QED) is 0.459. The summed E-state index contributed by atoms with van der Waals surface area (Å²) in [7, 11) is 0. The largest absolute Gasteiger partial charge is 0.493 e. The molecular weight excluding hydrogens is 447 g/mol. The third-order valence-corrected chi connectivity index (χ3v) is 7.65. The number of amides is 1. The van der Waals surface area contributed by atoms with Crippen molar-refractivity contribution in [1.29, 1.82) is 0 Å². The Hall–Kier alpha value is -2.64. The minimum absolute atomic E-state index is 0.0818. The van der Waals surface area contributed by atoms with Crippen LogP contribution in [0.25, 0.3) is 0 Å². The fourth-order valence-corrected chi connectivity index (χ4v) is 5.26. The van der Waals surface area contributed by atoms with Crippen LogP contribution in [0.3, 0.4) is 0 Å². The number of hydrogen-bond acceptors (Lipinski definition) is 6. The molecule has 7 nitrogen and oxygen atoms in total. The van der Waals surface area contributed by atoms with Crippen LogP contribution in [0.4, 0.5) is 10.4 Å². The van der Waals surface area contributed by atoms with Gasteiger partial charge in [-0.25, -0.2) is 4.39 Å². The Bertz CT molecular complexity index is 1010. The van der Waals surface area contributed by atoms with Crippen molar-refractivity contribution in [2.45, 2.75) is 77.2 Å². The molecule has 8 heteroatoms. The Kier molecular flexibility index (Phi) is 7.25. The summed E-state index contributed by atoms with van der Waals surface area (Å²) in [6, 6.07) is 5.80. The van der Waals surface area contributed by atoms with Gasteiger partial charge in [0.15, 0.2) is 5.82 Å². The molecule has 0 radical (unpaired) electrons. The van der Waals surface area contributed by atoms with Gasteiger partial charge in [-0.1, -0.05) is 25.1 Å². The van der Waals surface area contributed by atoms with E-state index in [1.807, 2.05) is 0 Å². The number of hydrogen-bond donors (Lipinski definition) is 1. The first-order valence-corrected chi connectivity index (χ1v) is 13.3. The van der Waals surface area contributed by atoms with Crippen LogP contribution < -0.4 is 15.0 Å². The van der Waals surface area contributed by atoms with Crippen molar-refractivity contribution >= 4 is 11.9 Å². The number of carbonyl (C=O) groups is 1. The van der Waals surface area contributed by atoms with Crippen LogP contribution in [0, 0.1) is 23.6 Å². The number of benzene rings is 1. The third kappa shape index (κ3) is 6.33. The number of aromatic nitrogens is 2. The van der Waals surface area contributed by atoms with Crippen molar-refractivity contribution < 1.29 is 18.4 Å². The maximum atomic E-state index is 14.4. The Morgan fingerprint density at radius 2 is 2.06 bits per heavy atom. The van der Waals surface area contributed by atoms with Gasteiger partial charge in [-0.15, -0.1) is 0 Å². The van der Waals surface area contributed by atoms with Crippen LogP contribution in [0.1, 0.15) is 76.1 Å². The molecule has 0 spiro atoms. The first-order chi connectivity index (χ1) is 17.0. The number of halogens is 1. The summed E-state index contributed by atoms with van der Waals surface area (Å²) in [4.78, 5) is 18.7. The SMILES string of the molecule is CC(C)c1noc(N2CCC(C3CC3CCCOc3ccc(CC(=O)NC4CC4)c(F)c3)CC2)n1. The van der Waals surface area contributed by atoms with E-state index in [0.29, 0.717) is 30.0 Å². The monoisotopic (exact) mass is 484 g/mol. The number of piperidine rings is 1. The van der Waals surface area contributed by atoms with Gasteiger partial charge in [0, 0.05) is 31.1 Å². The second-order valence-corrected chi connectivity index (χ2v) is 10.8. The van der Waals surface area contributed by atoms with Crippen LogP contribution >= 0.6 is 0 Å². The van der Waals surface area contributed by atoms with Crippen molar-refractivity contribution in [2.75, 3.05) is 24.6 Å². The minimum atomic E-state index is -0.372. The zero-order valence-electron chi connectivity index (χ0n) is 20.8. The summed E-state index contributed by atoms with van der Waals surface area (Å²) in [6.45, 7) is 6.72. The van der Waals surface area contributed by atoms with Gasteiger partial charge in [0.2, 0.25) is 5.91 Å². The van der Waals surface area contributed by atoms with Crippen LogP contribution in [-0.4, -0.2) is 41.8 Å². The van der Waals surface area contributed by atoms with E-state index in [4.69, 9.17) is 9.26 Å². The molecule has 190 valence electrons. The third-order valence-electron chi connectivity index (χ3n) is 7.65. The molecule has 1 aromatic heterocycles. The Morgan fingerprint density at radius 1 is 1.26 bits per heavy atom. The lowest BCUT2D eigenvalue weighted by Gasteiger charge is -2.30. The zero-order chi connectivity index (χ0) is 24.4. The molecule has 2 heterocycles. The number of nitrogens with one attached hydrogen (secondary N) is 1. The molecule has 1 aliphatic heterocycles. The highest BCUT2D eigenvalue weighted by molar-refractivity contribution is 5.79. The van der Waals surface area contributed by atoms with Crippen molar-refractivity contribution in [2.24, 2.45) is 17.8 Å². The minimum Gasteiger partial charge on any atom is -0.493 e. The van der Waals surface area contributed by atoms with E-state index in [9.17, 15) is 9.18 Å². The van der Waals surface area contributed by atoms with Gasteiger partial charge < -0.3 is 19.5 Å². The first kappa shape index (κ1) is 24.1. The van der Waals surface area contributed by atoms with E-state index in [2.05, 4.69) is 34.2 Å². The normalized spacial score (nSPS) is 22.5. The van der Waals surface area contributed by atoms with Crippen LogP contribution in [0.15, 0.2) is 22.7 Å². The molecule has 1 N–H and O–H groups in total. The van der Waals surface area contributed by atoms with Crippen LogP contribution in [0.2, 0.25) is 0 Å². The molecule has 3 aliphatic rings. The molecule has 2 atom stereocenters. The van der Waals surface area contributed by atoms with Crippen molar-refractivity contribution in [1.82, 2.24) is 15.5 Å². The van der Waals surface area contributed by atoms with Crippen molar-refractivity contribution in [3.63, 3.8) is 0 Å². The highest BCUT2D eigenvalue weighted by Crippen LogP contribution is 2.50. The predicted octanol–water partition coefficient (Wildman–Crippen LogP) is 4.86. The predicted molar refractivity (Wildman–Crippen MR) is 131 cm³/mol. The summed E-state index contributed by atoms with van der Waals surface area (Å²) in [5.74, 6) is 3.51. The summed E-state index contributed by atoms with van der Waals surface area (Å²) < 4.78 is 25.6. The molecule has 35 heavy (non-hydrogen) atoms. The van der Waals surface area contributed by atoms with E-state index in [1.165, 1.54) is 25.3 Å². The fraction of sp³-hybridized carbons (Fsp3) is 0.667. The number of rotatable bonds is 11. The standard InChI is InChI=1S/C27H37FN4O3/c1-17(2)26-30-27(35-31-26)32-11-9-18(10-12-32)23-14-19(23)4-3-13-34-22-8-5-20(24(28)16-22)15-25(33)29-21-6-7-21/h5,8,16-19,21,23H,3-4,6-7,9-15H2,1-2H3,(H,29,33). The molecule has 2 saturated carbocycles. The Morgan fingerprint density at radius 3 is 2.74 bits per heavy atom. The Balaban J connectivity index is 0.979. The maximum Gasteiger partial charge on any atom is 0.324 e. The number of nitrogens with zero attached hydrogens (tertiary/aromatic N) is 3. The van der Waals surface area contributed by atoms with Crippen LogP contribution in [-0.2, 0) is 11.2 Å². The maximum absolute atomic E-state index is 14.4. The summed E-state index contributed by atoms with van der Waals surface area (Å²) in [5, 5.41) is 6.98. The van der Waals surface area contributed by atoms with E-state index in [-0.39, 0.29) is 24.1 Å². The first-order valence-electron chi connectivity index (χ1n) is 13.3. The molecule has 5 rings (SSSR count). The van der Waals surface area contributed by atoms with Crippen molar-refractivity contribution in [3.05, 3.63) is 35.4 Å². The van der Waals surface area contributed by atoms with Gasteiger partial charge in [0.25, 0.3) is 0 Å². The van der Waals surface area contributed by atoms with E-state index in [1.54, 1.807) is 12.1 Å². The highest BCUT2D eigenvalue weighted by Gasteiger charge is 2.43. The summed E-state index contributed by atoms with van der Waals surface area (Å²) >= 11 is 0. The number of carbonyl (C=O) groups excluding carboxylic acids is 1. The highest BCUT2D eigenvalue weighted by atomic mass is 19.1. The number of anilines is 1. The summed E-state index contributed by atoms with van der Waals surface area (Å²) in [6.07, 6.45) is 7.96. The van der Waals surface area contributed by atoms with Gasteiger partial charge in [-0.2, -0.15) is 4.98 Å². The fourth-order valence-electron chi connectivity index (χ4n) is 5.26. The lowest BCUT2D eigenvalue weighted by Crippen LogP contribution is -2.34. The molecule has 1 saturated heterocycles. The van der Waals surface area contributed by atoms with Gasteiger partial charge >= 0.3 is 6.01 Å². The van der Waals surface area contributed by atoms with Gasteiger partial charge in [0.05, 0.1) is 13.0 Å². The average molecular weight is 485 g/mol. The smallest absolute Gasteiger partial charge is 0.324 e. The Labute approximate surface area is 206 Å². The van der Waals surface area contributed by atoms with Crippen LogP contribution in [0.5, 0.6) is 5.75 Å². The second kappa shape index (κ2) is 10.5. The molecule has 2 unspecified atom stereocenters.